The summed E-state index contributed by atoms with van der Waals surface area (Å²) in [6.07, 6.45) is 3.73. The summed E-state index contributed by atoms with van der Waals surface area (Å²) in [5.41, 5.74) is 0.776. The zero-order valence-electron chi connectivity index (χ0n) is 7.83. The molecule has 0 fully saturated rings. The van der Waals surface area contributed by atoms with E-state index in [0.717, 1.165) is 18.4 Å². The Kier molecular flexibility index (Phi) is 2.74. The van der Waals surface area contributed by atoms with Gasteiger partial charge in [0.2, 0.25) is 0 Å². The Bertz CT molecular complexity index is 211. The molecular weight excluding hydrogens is 154 g/mol. The quantitative estimate of drug-likeness (QED) is 0.552. The van der Waals surface area contributed by atoms with Gasteiger partial charge in [-0.1, -0.05) is 0 Å². The van der Waals surface area contributed by atoms with Gasteiger partial charge in [0.25, 0.3) is 0 Å². The van der Waals surface area contributed by atoms with Crippen LogP contribution in [0.4, 0.5) is 0 Å². The van der Waals surface area contributed by atoms with Gasteiger partial charge in [-0.25, -0.2) is 4.79 Å². The predicted octanol–water partition coefficient (Wildman–Crippen LogP) is 1.16. The predicted molar refractivity (Wildman–Crippen MR) is 46.6 cm³/mol. The molecule has 0 aromatic heterocycles. The molecular formula is C9H15NO2. The van der Waals surface area contributed by atoms with Crippen LogP contribution in [0.3, 0.4) is 0 Å². The summed E-state index contributed by atoms with van der Waals surface area (Å²) in [4.78, 5) is 13.2. The second kappa shape index (κ2) is 3.61. The lowest BCUT2D eigenvalue weighted by Crippen LogP contribution is -2.29. The van der Waals surface area contributed by atoms with E-state index in [1.807, 2.05) is 13.2 Å². The number of hydrogen-bond acceptors (Lipinski definition) is 3. The molecule has 1 heterocycles. The number of methoxy groups -OCH3 is 1. The first-order valence-corrected chi connectivity index (χ1v) is 4.16. The normalized spacial score (nSPS) is 23.4. The van der Waals surface area contributed by atoms with Crippen molar-refractivity contribution in [2.24, 2.45) is 0 Å². The lowest BCUT2D eigenvalue weighted by molar-refractivity contribution is -0.136. The second-order valence-corrected chi connectivity index (χ2v) is 3.20. The molecule has 1 atom stereocenters. The highest BCUT2D eigenvalue weighted by atomic mass is 16.5. The summed E-state index contributed by atoms with van der Waals surface area (Å²) >= 11 is 0. The Balaban J connectivity index is 2.68. The first-order chi connectivity index (χ1) is 5.65. The number of hydrogen-bond donors (Lipinski definition) is 0. The number of rotatable bonds is 1. The van der Waals surface area contributed by atoms with E-state index in [4.69, 9.17) is 0 Å². The zero-order valence-corrected chi connectivity index (χ0v) is 7.83. The molecule has 1 aliphatic heterocycles. The summed E-state index contributed by atoms with van der Waals surface area (Å²) in [7, 11) is 3.40. The maximum absolute atomic E-state index is 11.1. The number of ether oxygens (including phenoxy) is 1. The minimum atomic E-state index is -0.200. The summed E-state index contributed by atoms with van der Waals surface area (Å²) in [5, 5.41) is 0. The third-order valence-electron chi connectivity index (χ3n) is 2.33. The summed E-state index contributed by atoms with van der Waals surface area (Å²) in [6.45, 7) is 2.14. The van der Waals surface area contributed by atoms with Crippen molar-refractivity contribution in [1.82, 2.24) is 4.90 Å². The van der Waals surface area contributed by atoms with Crippen molar-refractivity contribution in [2.45, 2.75) is 25.8 Å². The Morgan fingerprint density at radius 3 is 2.92 bits per heavy atom. The molecule has 0 spiro atoms. The lowest BCUT2D eigenvalue weighted by Gasteiger charge is -2.28. The number of nitrogens with zero attached hydrogens (tertiary/aromatic N) is 1. The monoisotopic (exact) mass is 169 g/mol. The van der Waals surface area contributed by atoms with Gasteiger partial charge in [-0.15, -0.1) is 0 Å². The van der Waals surface area contributed by atoms with Crippen molar-refractivity contribution >= 4 is 5.97 Å². The van der Waals surface area contributed by atoms with Gasteiger partial charge in [0.1, 0.15) is 0 Å². The van der Waals surface area contributed by atoms with Gasteiger partial charge in [0, 0.05) is 19.3 Å². The minimum absolute atomic E-state index is 0.200. The molecule has 0 saturated heterocycles. The Hall–Kier alpha value is -0.990. The largest absolute Gasteiger partial charge is 0.466 e. The van der Waals surface area contributed by atoms with Crippen LogP contribution in [-0.4, -0.2) is 31.1 Å². The molecule has 0 aliphatic carbocycles. The number of carbonyl (C=O) groups excluding carboxylic acids is 1. The maximum Gasteiger partial charge on any atom is 0.335 e. The molecule has 0 radical (unpaired) electrons. The average Bonchev–Trinajstić information content (AvgIpc) is 2.08. The van der Waals surface area contributed by atoms with Crippen LogP contribution in [0, 0.1) is 0 Å². The zero-order chi connectivity index (χ0) is 9.14. The summed E-state index contributed by atoms with van der Waals surface area (Å²) < 4.78 is 4.64. The molecule has 0 amide bonds. The van der Waals surface area contributed by atoms with Crippen molar-refractivity contribution in [3.63, 3.8) is 0 Å². The SMILES string of the molecule is COC(=O)C1=CN(C)[C@@H](C)CC1. The first kappa shape index (κ1) is 9.10. The second-order valence-electron chi connectivity index (χ2n) is 3.20. The highest BCUT2D eigenvalue weighted by Gasteiger charge is 2.19. The molecule has 0 unspecified atom stereocenters. The van der Waals surface area contributed by atoms with E-state index in [2.05, 4.69) is 16.6 Å². The molecule has 1 aliphatic rings. The van der Waals surface area contributed by atoms with Crippen molar-refractivity contribution in [3.05, 3.63) is 11.8 Å². The first-order valence-electron chi connectivity index (χ1n) is 4.16. The van der Waals surface area contributed by atoms with Gasteiger partial charge in [0.05, 0.1) is 12.7 Å². The van der Waals surface area contributed by atoms with E-state index in [9.17, 15) is 4.79 Å². The molecule has 68 valence electrons. The van der Waals surface area contributed by atoms with E-state index in [1.165, 1.54) is 7.11 Å². The van der Waals surface area contributed by atoms with Crippen LogP contribution in [0.15, 0.2) is 11.8 Å². The van der Waals surface area contributed by atoms with Crippen molar-refractivity contribution < 1.29 is 9.53 Å². The lowest BCUT2D eigenvalue weighted by atomic mass is 10.0. The van der Waals surface area contributed by atoms with Crippen LogP contribution in [0.5, 0.6) is 0 Å². The highest BCUT2D eigenvalue weighted by Crippen LogP contribution is 2.19. The Morgan fingerprint density at radius 1 is 1.75 bits per heavy atom. The van der Waals surface area contributed by atoms with Crippen molar-refractivity contribution in [3.8, 4) is 0 Å². The van der Waals surface area contributed by atoms with Crippen LogP contribution in [-0.2, 0) is 9.53 Å². The molecule has 0 aromatic rings. The Labute approximate surface area is 73.0 Å². The van der Waals surface area contributed by atoms with Crippen molar-refractivity contribution in [1.29, 1.82) is 0 Å². The molecule has 0 N–H and O–H groups in total. The van der Waals surface area contributed by atoms with Gasteiger partial charge >= 0.3 is 5.97 Å². The number of carbonyl (C=O) groups is 1. The van der Waals surface area contributed by atoms with Gasteiger partial charge in [-0.2, -0.15) is 0 Å². The highest BCUT2D eigenvalue weighted by molar-refractivity contribution is 5.88. The van der Waals surface area contributed by atoms with Crippen molar-refractivity contribution in [2.75, 3.05) is 14.2 Å². The van der Waals surface area contributed by atoms with Crippen LogP contribution in [0.1, 0.15) is 19.8 Å². The van der Waals surface area contributed by atoms with E-state index in [-0.39, 0.29) is 5.97 Å². The van der Waals surface area contributed by atoms with Crippen LogP contribution in [0.2, 0.25) is 0 Å². The summed E-state index contributed by atoms with van der Waals surface area (Å²) in [6, 6.07) is 0.526. The molecule has 0 saturated carbocycles. The van der Waals surface area contributed by atoms with Gasteiger partial charge in [-0.05, 0) is 19.8 Å². The standard InChI is InChI=1S/C9H15NO2/c1-7-4-5-8(6-10(7)2)9(11)12-3/h6-7H,4-5H2,1-3H3/t7-/m0/s1. The fourth-order valence-corrected chi connectivity index (χ4v) is 1.29. The molecule has 0 aromatic carbocycles. The van der Waals surface area contributed by atoms with E-state index in [1.54, 1.807) is 0 Å². The van der Waals surface area contributed by atoms with E-state index >= 15 is 0 Å². The fourth-order valence-electron chi connectivity index (χ4n) is 1.29. The summed E-state index contributed by atoms with van der Waals surface area (Å²) in [5.74, 6) is -0.200. The van der Waals surface area contributed by atoms with E-state index < -0.39 is 0 Å². The fraction of sp³-hybridized carbons (Fsp3) is 0.667. The minimum Gasteiger partial charge on any atom is -0.466 e. The van der Waals surface area contributed by atoms with E-state index in [0.29, 0.717) is 6.04 Å². The maximum atomic E-state index is 11.1. The van der Waals surface area contributed by atoms with Gasteiger partial charge < -0.3 is 9.64 Å². The molecule has 3 heteroatoms. The van der Waals surface area contributed by atoms with Crippen LogP contribution in [0.25, 0.3) is 0 Å². The molecule has 1 rings (SSSR count). The molecule has 12 heavy (non-hydrogen) atoms. The third-order valence-corrected chi connectivity index (χ3v) is 2.33. The van der Waals surface area contributed by atoms with Gasteiger partial charge in [0.15, 0.2) is 0 Å². The molecule has 3 nitrogen and oxygen atoms in total. The smallest absolute Gasteiger partial charge is 0.335 e. The Morgan fingerprint density at radius 2 is 2.42 bits per heavy atom. The number of esters is 1. The van der Waals surface area contributed by atoms with Crippen LogP contribution < -0.4 is 0 Å². The van der Waals surface area contributed by atoms with Crippen LogP contribution >= 0.6 is 0 Å². The third kappa shape index (κ3) is 1.78. The topological polar surface area (TPSA) is 29.5 Å². The average molecular weight is 169 g/mol. The van der Waals surface area contributed by atoms with Gasteiger partial charge in [-0.3, -0.25) is 0 Å². The molecule has 0 bridgehead atoms.